The number of carbonyl (C=O) groups is 1. The average Bonchev–Trinajstić information content (AvgIpc) is 3.40. The van der Waals surface area contributed by atoms with Crippen LogP contribution in [0.2, 0.25) is 0 Å². The van der Waals surface area contributed by atoms with E-state index in [-0.39, 0.29) is 23.4 Å². The van der Waals surface area contributed by atoms with Crippen LogP contribution in [0, 0.1) is 23.1 Å². The summed E-state index contributed by atoms with van der Waals surface area (Å²) >= 11 is 2.64. The fraction of sp³-hybridized carbons (Fsp3) is 0.412. The molecular weight excluding hydrogens is 373 g/mol. The molecule has 136 valence electrons. The molecule has 1 fully saturated rings. The molecule has 1 unspecified atom stereocenters. The molecule has 0 spiro atoms. The summed E-state index contributed by atoms with van der Waals surface area (Å²) in [7, 11) is 0. The van der Waals surface area contributed by atoms with E-state index in [2.05, 4.69) is 26.9 Å². The van der Waals surface area contributed by atoms with E-state index < -0.39 is 5.54 Å². The molecule has 1 aromatic heterocycles. The molecule has 0 radical (unpaired) electrons. The smallest absolute Gasteiger partial charge is 0.231 e. The van der Waals surface area contributed by atoms with E-state index in [0.717, 1.165) is 18.4 Å². The highest BCUT2D eigenvalue weighted by Gasteiger charge is 2.42. The number of aromatic nitrogens is 2. The molecule has 1 aliphatic rings. The number of nitriles is 1. The Balaban J connectivity index is 1.45. The summed E-state index contributed by atoms with van der Waals surface area (Å²) in [5.74, 6) is -0.000587. The second-order valence-corrected chi connectivity index (χ2v) is 8.48. The van der Waals surface area contributed by atoms with Gasteiger partial charge in [0.1, 0.15) is 11.4 Å². The summed E-state index contributed by atoms with van der Waals surface area (Å²) in [6.45, 7) is 2.29. The van der Waals surface area contributed by atoms with Crippen molar-refractivity contribution in [2.24, 2.45) is 5.92 Å². The summed E-state index contributed by atoms with van der Waals surface area (Å²) in [4.78, 5) is 12.1. The first-order valence-electron chi connectivity index (χ1n) is 8.15. The van der Waals surface area contributed by atoms with Crippen molar-refractivity contribution in [3.63, 3.8) is 0 Å². The van der Waals surface area contributed by atoms with Crippen molar-refractivity contribution in [2.75, 3.05) is 11.1 Å². The minimum atomic E-state index is -0.777. The highest BCUT2D eigenvalue weighted by molar-refractivity contribution is 8.01. The first-order chi connectivity index (χ1) is 12.5. The van der Waals surface area contributed by atoms with Gasteiger partial charge in [0, 0.05) is 6.54 Å². The van der Waals surface area contributed by atoms with Gasteiger partial charge in [0.2, 0.25) is 11.0 Å². The molecule has 1 aromatic carbocycles. The van der Waals surface area contributed by atoms with Crippen LogP contribution < -0.4 is 10.6 Å². The normalized spacial score (nSPS) is 15.7. The molecule has 6 nitrogen and oxygen atoms in total. The van der Waals surface area contributed by atoms with Gasteiger partial charge in [0.05, 0.1) is 11.8 Å². The largest absolute Gasteiger partial charge is 0.356 e. The predicted octanol–water partition coefficient (Wildman–Crippen LogP) is 3.19. The van der Waals surface area contributed by atoms with Crippen molar-refractivity contribution < 1.29 is 9.18 Å². The molecule has 26 heavy (non-hydrogen) atoms. The van der Waals surface area contributed by atoms with Crippen LogP contribution in [0.1, 0.15) is 25.3 Å². The number of thioether (sulfide) groups is 1. The number of carbonyl (C=O) groups excluding carboxylic acids is 1. The molecule has 0 aliphatic heterocycles. The Kier molecular flexibility index (Phi) is 5.74. The number of rotatable bonds is 8. The Morgan fingerprint density at radius 1 is 1.42 bits per heavy atom. The molecule has 3 rings (SSSR count). The van der Waals surface area contributed by atoms with Crippen molar-refractivity contribution in [3.05, 3.63) is 35.6 Å². The van der Waals surface area contributed by atoms with E-state index in [9.17, 15) is 14.4 Å². The number of anilines is 1. The third-order valence-corrected chi connectivity index (χ3v) is 6.13. The number of amides is 1. The van der Waals surface area contributed by atoms with E-state index in [1.807, 2.05) is 0 Å². The van der Waals surface area contributed by atoms with Crippen LogP contribution in [-0.2, 0) is 11.3 Å². The van der Waals surface area contributed by atoms with Crippen LogP contribution in [0.15, 0.2) is 28.6 Å². The van der Waals surface area contributed by atoms with Gasteiger partial charge in [0.15, 0.2) is 4.34 Å². The summed E-state index contributed by atoms with van der Waals surface area (Å²) in [6.07, 6.45) is 1.97. The molecule has 2 aromatic rings. The first-order valence-corrected chi connectivity index (χ1v) is 9.95. The third-order valence-electron chi connectivity index (χ3n) is 4.12. The maximum Gasteiger partial charge on any atom is 0.231 e. The van der Waals surface area contributed by atoms with Gasteiger partial charge in [-0.1, -0.05) is 35.2 Å². The minimum absolute atomic E-state index is 0.179. The number of nitrogens with zero attached hydrogens (tertiary/aromatic N) is 3. The van der Waals surface area contributed by atoms with Gasteiger partial charge in [-0.25, -0.2) is 4.39 Å². The number of nitrogens with one attached hydrogen (secondary N) is 2. The van der Waals surface area contributed by atoms with Crippen molar-refractivity contribution in [1.82, 2.24) is 15.5 Å². The van der Waals surface area contributed by atoms with Crippen molar-refractivity contribution in [3.8, 4) is 6.07 Å². The van der Waals surface area contributed by atoms with Crippen LogP contribution in [0.5, 0.6) is 0 Å². The summed E-state index contributed by atoms with van der Waals surface area (Å²) in [5, 5.41) is 23.9. The van der Waals surface area contributed by atoms with E-state index in [1.165, 1.54) is 35.2 Å². The van der Waals surface area contributed by atoms with Crippen LogP contribution in [0.3, 0.4) is 0 Å². The molecular formula is C17H18FN5OS2. The Hall–Kier alpha value is -2.18. The number of halogens is 1. The quantitative estimate of drug-likeness (QED) is 0.672. The maximum absolute atomic E-state index is 12.9. The molecule has 2 N–H and O–H groups in total. The van der Waals surface area contributed by atoms with Crippen molar-refractivity contribution >= 4 is 34.1 Å². The second-order valence-electron chi connectivity index (χ2n) is 6.28. The Morgan fingerprint density at radius 2 is 2.15 bits per heavy atom. The predicted molar refractivity (Wildman–Crippen MR) is 99.2 cm³/mol. The summed E-state index contributed by atoms with van der Waals surface area (Å²) in [6, 6.07) is 8.44. The lowest BCUT2D eigenvalue weighted by atomic mass is 9.98. The van der Waals surface area contributed by atoms with E-state index >= 15 is 0 Å². The Morgan fingerprint density at radius 3 is 2.81 bits per heavy atom. The van der Waals surface area contributed by atoms with E-state index in [1.54, 1.807) is 19.1 Å². The SMILES string of the molecule is CC(C#N)(NC(=O)CSc1nnc(NCc2ccc(F)cc2)s1)C1CC1. The second kappa shape index (κ2) is 8.01. The molecule has 1 aliphatic carbocycles. The van der Waals surface area contributed by atoms with Crippen molar-refractivity contribution in [2.45, 2.75) is 36.2 Å². The van der Waals surface area contributed by atoms with Crippen LogP contribution in [0.4, 0.5) is 9.52 Å². The molecule has 1 heterocycles. The molecule has 0 bridgehead atoms. The van der Waals surface area contributed by atoms with Crippen LogP contribution in [0.25, 0.3) is 0 Å². The minimum Gasteiger partial charge on any atom is -0.356 e. The standard InChI is InChI=1S/C17H18FN5OS2/c1-17(10-19,12-4-5-12)21-14(24)9-25-16-23-22-15(26-16)20-8-11-2-6-13(18)7-3-11/h2-3,6-7,12H,4-5,8-9H2,1H3,(H,20,22)(H,21,24). The lowest BCUT2D eigenvalue weighted by molar-refractivity contribution is -0.119. The Labute approximate surface area is 159 Å². The lowest BCUT2D eigenvalue weighted by Crippen LogP contribution is -2.47. The topological polar surface area (TPSA) is 90.7 Å². The molecule has 0 saturated heterocycles. The number of hydrogen-bond acceptors (Lipinski definition) is 7. The summed E-state index contributed by atoms with van der Waals surface area (Å²) < 4.78 is 13.6. The van der Waals surface area contributed by atoms with Crippen molar-refractivity contribution in [1.29, 1.82) is 5.26 Å². The zero-order chi connectivity index (χ0) is 18.6. The van der Waals surface area contributed by atoms with Gasteiger partial charge in [-0.05, 0) is 43.4 Å². The number of benzene rings is 1. The number of hydrogen-bond donors (Lipinski definition) is 2. The molecule has 1 saturated carbocycles. The maximum atomic E-state index is 12.9. The van der Waals surface area contributed by atoms with Gasteiger partial charge in [0.25, 0.3) is 0 Å². The fourth-order valence-corrected chi connectivity index (χ4v) is 4.00. The first kappa shape index (κ1) is 18.6. The average molecular weight is 391 g/mol. The van der Waals surface area contributed by atoms with Crippen LogP contribution >= 0.6 is 23.1 Å². The van der Waals surface area contributed by atoms with Gasteiger partial charge in [-0.2, -0.15) is 5.26 Å². The lowest BCUT2D eigenvalue weighted by Gasteiger charge is -2.22. The molecule has 1 atom stereocenters. The van der Waals surface area contributed by atoms with E-state index in [4.69, 9.17) is 0 Å². The Bertz CT molecular complexity index is 815. The van der Waals surface area contributed by atoms with E-state index in [0.29, 0.717) is 16.0 Å². The monoisotopic (exact) mass is 391 g/mol. The van der Waals surface area contributed by atoms with Crippen LogP contribution in [-0.4, -0.2) is 27.4 Å². The van der Waals surface area contributed by atoms with Gasteiger partial charge in [-0.3, -0.25) is 4.79 Å². The highest BCUT2D eigenvalue weighted by Crippen LogP contribution is 2.39. The van der Waals surface area contributed by atoms with Gasteiger partial charge in [-0.15, -0.1) is 10.2 Å². The zero-order valence-electron chi connectivity index (χ0n) is 14.2. The molecule has 9 heteroatoms. The highest BCUT2D eigenvalue weighted by atomic mass is 32.2. The van der Waals surface area contributed by atoms with Gasteiger partial charge >= 0.3 is 0 Å². The van der Waals surface area contributed by atoms with Gasteiger partial charge < -0.3 is 10.6 Å². The molecule has 1 amide bonds. The third kappa shape index (κ3) is 4.93. The zero-order valence-corrected chi connectivity index (χ0v) is 15.8. The fourth-order valence-electron chi connectivity index (χ4n) is 2.45. The summed E-state index contributed by atoms with van der Waals surface area (Å²) in [5.41, 5.74) is 0.159.